The average molecular weight is 453 g/mol. The number of nitrogens with zero attached hydrogens (tertiary/aromatic N) is 3. The van der Waals surface area contributed by atoms with Gasteiger partial charge in [0.05, 0.1) is 16.0 Å². The number of para-hydroxylation sites is 1. The number of halogens is 3. The second kappa shape index (κ2) is 8.95. The summed E-state index contributed by atoms with van der Waals surface area (Å²) in [7, 11) is -4.38. The van der Waals surface area contributed by atoms with Crippen LogP contribution in [-0.2, 0) is 21.0 Å². The van der Waals surface area contributed by atoms with Crippen LogP contribution in [0.5, 0.6) is 5.75 Å². The summed E-state index contributed by atoms with van der Waals surface area (Å²) in [4.78, 5) is 12.9. The number of amides is 1. The first-order chi connectivity index (χ1) is 14.6. The number of carbonyl (C=O) groups excluding carboxylic acids is 1. The molecule has 0 N–H and O–H groups in total. The van der Waals surface area contributed by atoms with E-state index in [2.05, 4.69) is 0 Å². The Morgan fingerprint density at radius 1 is 1.03 bits per heavy atom. The van der Waals surface area contributed by atoms with Gasteiger partial charge in [0, 0.05) is 26.2 Å². The van der Waals surface area contributed by atoms with E-state index < -0.39 is 32.6 Å². The Hall–Kier alpha value is -3.10. The highest BCUT2D eigenvalue weighted by Gasteiger charge is 2.39. The van der Waals surface area contributed by atoms with Gasteiger partial charge in [-0.1, -0.05) is 24.3 Å². The Bertz CT molecular complexity index is 1110. The molecule has 31 heavy (non-hydrogen) atoms. The van der Waals surface area contributed by atoms with Gasteiger partial charge in [-0.3, -0.25) is 4.79 Å². The van der Waals surface area contributed by atoms with E-state index >= 15 is 0 Å². The largest absolute Gasteiger partial charge is 0.482 e. The average Bonchev–Trinajstić information content (AvgIpc) is 2.77. The minimum Gasteiger partial charge on any atom is -0.482 e. The molecule has 3 rings (SSSR count). The highest BCUT2D eigenvalue weighted by Crippen LogP contribution is 2.35. The zero-order valence-electron chi connectivity index (χ0n) is 16.2. The topological polar surface area (TPSA) is 90.7 Å². The quantitative estimate of drug-likeness (QED) is 0.694. The molecule has 2 aromatic rings. The zero-order chi connectivity index (χ0) is 22.6. The second-order valence-corrected chi connectivity index (χ2v) is 8.58. The molecular formula is C20H18F3N3O4S. The molecule has 0 unspecified atom stereocenters. The molecule has 1 aliphatic heterocycles. The van der Waals surface area contributed by atoms with Crippen molar-refractivity contribution in [1.82, 2.24) is 9.21 Å². The molecule has 0 bridgehead atoms. The Labute approximate surface area is 177 Å². The zero-order valence-corrected chi connectivity index (χ0v) is 17.0. The van der Waals surface area contributed by atoms with Crippen LogP contribution >= 0.6 is 0 Å². The van der Waals surface area contributed by atoms with Gasteiger partial charge >= 0.3 is 6.18 Å². The number of carbonyl (C=O) groups is 1. The van der Waals surface area contributed by atoms with Crippen LogP contribution in [0.2, 0.25) is 0 Å². The summed E-state index contributed by atoms with van der Waals surface area (Å²) in [5, 5.41) is 9.04. The third-order valence-corrected chi connectivity index (χ3v) is 6.72. The maximum Gasteiger partial charge on any atom is 0.417 e. The summed E-state index contributed by atoms with van der Waals surface area (Å²) < 4.78 is 71.6. The fourth-order valence-electron chi connectivity index (χ4n) is 3.16. The third kappa shape index (κ3) is 4.98. The van der Waals surface area contributed by atoms with Gasteiger partial charge in [0.25, 0.3) is 5.91 Å². The Kier molecular flexibility index (Phi) is 6.52. The number of alkyl halides is 3. The molecule has 0 spiro atoms. The predicted octanol–water partition coefficient (Wildman–Crippen LogP) is 2.49. The van der Waals surface area contributed by atoms with Crippen molar-refractivity contribution in [3.8, 4) is 11.8 Å². The van der Waals surface area contributed by atoms with E-state index in [1.54, 1.807) is 24.3 Å². The van der Waals surface area contributed by atoms with E-state index in [0.717, 1.165) is 22.5 Å². The minimum absolute atomic E-state index is 0.00943. The number of hydrogen-bond donors (Lipinski definition) is 0. The number of sulfonamides is 1. The van der Waals surface area contributed by atoms with Gasteiger partial charge in [0.1, 0.15) is 11.8 Å². The van der Waals surface area contributed by atoms with Crippen LogP contribution in [0.1, 0.15) is 11.1 Å². The van der Waals surface area contributed by atoms with Crippen molar-refractivity contribution in [1.29, 1.82) is 5.26 Å². The van der Waals surface area contributed by atoms with Crippen LogP contribution in [0.25, 0.3) is 0 Å². The normalized spacial score (nSPS) is 15.4. The second-order valence-electron chi connectivity index (χ2n) is 6.68. The molecule has 1 fully saturated rings. The first kappa shape index (κ1) is 22.6. The van der Waals surface area contributed by atoms with Crippen LogP contribution in [0.15, 0.2) is 53.4 Å². The van der Waals surface area contributed by atoms with E-state index in [1.807, 2.05) is 6.07 Å². The van der Waals surface area contributed by atoms with Gasteiger partial charge < -0.3 is 9.64 Å². The minimum atomic E-state index is -4.81. The molecule has 1 saturated heterocycles. The molecule has 1 amide bonds. The van der Waals surface area contributed by atoms with Crippen molar-refractivity contribution in [3.63, 3.8) is 0 Å². The fraction of sp³-hybridized carbons (Fsp3) is 0.300. The van der Waals surface area contributed by atoms with Gasteiger partial charge in [-0.15, -0.1) is 0 Å². The van der Waals surface area contributed by atoms with Crippen LogP contribution in [-0.4, -0.2) is 56.3 Å². The van der Waals surface area contributed by atoms with Gasteiger partial charge in [0.15, 0.2) is 6.61 Å². The summed E-state index contributed by atoms with van der Waals surface area (Å²) >= 11 is 0. The molecule has 1 aliphatic rings. The van der Waals surface area contributed by atoms with E-state index in [9.17, 15) is 26.4 Å². The first-order valence-corrected chi connectivity index (χ1v) is 10.6. The molecule has 11 heteroatoms. The van der Waals surface area contributed by atoms with Crippen molar-refractivity contribution in [2.24, 2.45) is 0 Å². The maximum atomic E-state index is 13.2. The molecule has 0 atom stereocenters. The molecule has 0 aliphatic carbocycles. The van der Waals surface area contributed by atoms with E-state index in [-0.39, 0.29) is 44.1 Å². The molecule has 7 nitrogen and oxygen atoms in total. The molecule has 0 saturated carbocycles. The number of rotatable bonds is 5. The lowest BCUT2D eigenvalue weighted by atomic mass is 10.2. The first-order valence-electron chi connectivity index (χ1n) is 9.20. The lowest BCUT2D eigenvalue weighted by Crippen LogP contribution is -2.51. The van der Waals surface area contributed by atoms with Crippen molar-refractivity contribution in [2.75, 3.05) is 32.8 Å². The smallest absolute Gasteiger partial charge is 0.417 e. The van der Waals surface area contributed by atoms with Crippen LogP contribution in [0.4, 0.5) is 13.2 Å². The van der Waals surface area contributed by atoms with Crippen LogP contribution in [0.3, 0.4) is 0 Å². The molecular weight excluding hydrogens is 435 g/mol. The van der Waals surface area contributed by atoms with Crippen molar-refractivity contribution >= 4 is 15.9 Å². The Morgan fingerprint density at radius 2 is 1.65 bits per heavy atom. The highest BCUT2D eigenvalue weighted by molar-refractivity contribution is 7.89. The van der Waals surface area contributed by atoms with Crippen molar-refractivity contribution < 1.29 is 31.1 Å². The summed E-state index contributed by atoms with van der Waals surface area (Å²) in [5.41, 5.74) is -0.951. The lowest BCUT2D eigenvalue weighted by Gasteiger charge is -2.34. The molecule has 164 valence electrons. The van der Waals surface area contributed by atoms with Crippen molar-refractivity contribution in [2.45, 2.75) is 11.1 Å². The fourth-order valence-corrected chi connectivity index (χ4v) is 4.79. The van der Waals surface area contributed by atoms with E-state index in [1.165, 1.54) is 11.0 Å². The predicted molar refractivity (Wildman–Crippen MR) is 103 cm³/mol. The SMILES string of the molecule is N#Cc1ccccc1OCC(=O)N1CCN(S(=O)(=O)c2ccccc2C(F)(F)F)CC1. The number of piperazine rings is 1. The summed E-state index contributed by atoms with van der Waals surface area (Å²) in [6, 6.07) is 12.4. The van der Waals surface area contributed by atoms with Gasteiger partial charge in [-0.25, -0.2) is 8.42 Å². The van der Waals surface area contributed by atoms with E-state index in [4.69, 9.17) is 10.00 Å². The summed E-state index contributed by atoms with van der Waals surface area (Å²) in [5.74, 6) is -0.163. The van der Waals surface area contributed by atoms with Gasteiger partial charge in [-0.2, -0.15) is 22.7 Å². The van der Waals surface area contributed by atoms with Crippen molar-refractivity contribution in [3.05, 3.63) is 59.7 Å². The van der Waals surface area contributed by atoms with Gasteiger partial charge in [0.2, 0.25) is 10.0 Å². The third-order valence-electron chi connectivity index (χ3n) is 4.76. The number of nitriles is 1. The Balaban J connectivity index is 1.64. The molecule has 1 heterocycles. The van der Waals surface area contributed by atoms with Crippen LogP contribution < -0.4 is 4.74 Å². The van der Waals surface area contributed by atoms with E-state index in [0.29, 0.717) is 0 Å². The highest BCUT2D eigenvalue weighted by atomic mass is 32.2. The number of ether oxygens (including phenoxy) is 1. The molecule has 2 aromatic carbocycles. The molecule has 0 radical (unpaired) electrons. The standard InChI is InChI=1S/C20H18F3N3O4S/c21-20(22,23)16-6-2-4-8-18(16)31(28,29)26-11-9-25(10-12-26)19(27)14-30-17-7-3-1-5-15(17)13-24/h1-8H,9-12,14H2. The number of hydrogen-bond acceptors (Lipinski definition) is 5. The maximum absolute atomic E-state index is 13.2. The summed E-state index contributed by atoms with van der Waals surface area (Å²) in [6.07, 6.45) is -4.81. The Morgan fingerprint density at radius 3 is 2.29 bits per heavy atom. The summed E-state index contributed by atoms with van der Waals surface area (Å²) in [6.45, 7) is -0.614. The van der Waals surface area contributed by atoms with Gasteiger partial charge in [-0.05, 0) is 24.3 Å². The van der Waals surface area contributed by atoms with Crippen LogP contribution in [0, 0.1) is 11.3 Å². The monoisotopic (exact) mass is 453 g/mol. The lowest BCUT2D eigenvalue weighted by molar-refractivity contribution is -0.139. The number of benzene rings is 2. The molecule has 0 aromatic heterocycles.